The molecule has 5 nitrogen and oxygen atoms in total. The quantitative estimate of drug-likeness (QED) is 0.882. The molecule has 1 aromatic heterocycles. The van der Waals surface area contributed by atoms with Gasteiger partial charge in [-0.15, -0.1) is 0 Å². The van der Waals surface area contributed by atoms with E-state index in [0.717, 1.165) is 43.9 Å². The van der Waals surface area contributed by atoms with Gasteiger partial charge in [0.1, 0.15) is 5.82 Å². The Hall–Kier alpha value is -1.20. The predicted octanol–water partition coefficient (Wildman–Crippen LogP) is 1.85. The Bertz CT molecular complexity index is 518. The third-order valence-electron chi connectivity index (χ3n) is 4.23. The number of hydrogen-bond donors (Lipinski definition) is 2. The molecule has 1 aromatic rings. The molecule has 1 unspecified atom stereocenters. The summed E-state index contributed by atoms with van der Waals surface area (Å²) in [5.41, 5.74) is 1.77. The van der Waals surface area contributed by atoms with E-state index in [-0.39, 0.29) is 17.0 Å². The largest absolute Gasteiger partial charge is 0.381 e. The molecule has 1 fully saturated rings. The van der Waals surface area contributed by atoms with Gasteiger partial charge in [-0.3, -0.25) is 4.79 Å². The topological polar surface area (TPSA) is 67.0 Å². The highest BCUT2D eigenvalue weighted by Gasteiger charge is 2.28. The molecule has 20 heavy (non-hydrogen) atoms. The van der Waals surface area contributed by atoms with Crippen molar-refractivity contribution in [3.05, 3.63) is 27.4 Å². The first-order valence-electron chi connectivity index (χ1n) is 7.30. The number of aromatic nitrogens is 2. The fourth-order valence-corrected chi connectivity index (χ4v) is 2.79. The SMILES string of the molecule is Cc1nc(C)c(C(C)NCC2(C)CCOCC2)c(=O)[nH]1. The van der Waals surface area contributed by atoms with Gasteiger partial charge < -0.3 is 15.0 Å². The van der Waals surface area contributed by atoms with Gasteiger partial charge in [-0.2, -0.15) is 0 Å². The lowest BCUT2D eigenvalue weighted by molar-refractivity contribution is 0.0230. The second kappa shape index (κ2) is 6.06. The van der Waals surface area contributed by atoms with Gasteiger partial charge in [0.15, 0.2) is 0 Å². The van der Waals surface area contributed by atoms with Gasteiger partial charge in [0, 0.05) is 31.5 Å². The molecule has 5 heteroatoms. The highest BCUT2D eigenvalue weighted by molar-refractivity contribution is 5.20. The standard InChI is InChI=1S/C15H25N3O2/c1-10(13-11(2)17-12(3)18-14(13)19)16-9-15(4)5-7-20-8-6-15/h10,16H,5-9H2,1-4H3,(H,17,18,19). The molecule has 0 saturated carbocycles. The van der Waals surface area contributed by atoms with E-state index < -0.39 is 0 Å². The van der Waals surface area contributed by atoms with Crippen LogP contribution in [0.5, 0.6) is 0 Å². The molecule has 112 valence electrons. The summed E-state index contributed by atoms with van der Waals surface area (Å²) in [6.07, 6.45) is 2.13. The molecule has 0 aliphatic carbocycles. The molecular weight excluding hydrogens is 254 g/mol. The van der Waals surface area contributed by atoms with Crippen molar-refractivity contribution in [2.24, 2.45) is 5.41 Å². The molecule has 0 spiro atoms. The molecule has 0 bridgehead atoms. The van der Waals surface area contributed by atoms with Gasteiger partial charge in [-0.1, -0.05) is 6.92 Å². The molecule has 2 rings (SSSR count). The number of H-pyrrole nitrogens is 1. The van der Waals surface area contributed by atoms with E-state index in [4.69, 9.17) is 4.74 Å². The van der Waals surface area contributed by atoms with E-state index in [9.17, 15) is 4.79 Å². The minimum absolute atomic E-state index is 0.00604. The average Bonchev–Trinajstić information content (AvgIpc) is 2.36. The highest BCUT2D eigenvalue weighted by Crippen LogP contribution is 2.29. The van der Waals surface area contributed by atoms with Gasteiger partial charge >= 0.3 is 0 Å². The fraction of sp³-hybridized carbons (Fsp3) is 0.733. The first-order chi connectivity index (χ1) is 9.41. The van der Waals surface area contributed by atoms with Crippen molar-refractivity contribution in [2.45, 2.75) is 46.6 Å². The Morgan fingerprint density at radius 2 is 2.05 bits per heavy atom. The molecule has 2 heterocycles. The van der Waals surface area contributed by atoms with E-state index in [2.05, 4.69) is 22.2 Å². The summed E-state index contributed by atoms with van der Waals surface area (Å²) in [5.74, 6) is 0.667. The van der Waals surface area contributed by atoms with Crippen LogP contribution in [0.15, 0.2) is 4.79 Å². The van der Waals surface area contributed by atoms with Crippen LogP contribution >= 0.6 is 0 Å². The Labute approximate surface area is 120 Å². The van der Waals surface area contributed by atoms with E-state index in [1.54, 1.807) is 6.92 Å². The monoisotopic (exact) mass is 279 g/mol. The number of nitrogens with zero attached hydrogens (tertiary/aromatic N) is 1. The van der Waals surface area contributed by atoms with Crippen LogP contribution in [-0.2, 0) is 4.74 Å². The highest BCUT2D eigenvalue weighted by atomic mass is 16.5. The molecule has 1 saturated heterocycles. The maximum atomic E-state index is 12.1. The van der Waals surface area contributed by atoms with Gasteiger partial charge in [0.05, 0.1) is 5.56 Å². The summed E-state index contributed by atoms with van der Waals surface area (Å²) in [6, 6.07) is 0.00604. The second-order valence-electron chi connectivity index (χ2n) is 6.18. The number of nitrogens with one attached hydrogen (secondary N) is 2. The first kappa shape index (κ1) is 15.2. The third-order valence-corrected chi connectivity index (χ3v) is 4.23. The fourth-order valence-electron chi connectivity index (χ4n) is 2.79. The number of aromatic amines is 1. The summed E-state index contributed by atoms with van der Waals surface area (Å²) < 4.78 is 5.41. The van der Waals surface area contributed by atoms with Crippen molar-refractivity contribution in [3.8, 4) is 0 Å². The lowest BCUT2D eigenvalue weighted by Gasteiger charge is -2.34. The maximum Gasteiger partial charge on any atom is 0.255 e. The summed E-state index contributed by atoms with van der Waals surface area (Å²) in [7, 11) is 0. The first-order valence-corrected chi connectivity index (χ1v) is 7.30. The zero-order valence-corrected chi connectivity index (χ0v) is 12.9. The van der Waals surface area contributed by atoms with E-state index in [0.29, 0.717) is 5.82 Å². The number of hydrogen-bond acceptors (Lipinski definition) is 4. The summed E-state index contributed by atoms with van der Waals surface area (Å²) >= 11 is 0. The van der Waals surface area contributed by atoms with Crippen LogP contribution in [0.4, 0.5) is 0 Å². The van der Waals surface area contributed by atoms with E-state index in [1.807, 2.05) is 13.8 Å². The van der Waals surface area contributed by atoms with Crippen LogP contribution in [0.2, 0.25) is 0 Å². The average molecular weight is 279 g/mol. The van der Waals surface area contributed by atoms with Gasteiger partial charge in [-0.25, -0.2) is 4.98 Å². The summed E-state index contributed by atoms with van der Waals surface area (Å²) in [5, 5.41) is 3.49. The van der Waals surface area contributed by atoms with Gasteiger partial charge in [0.2, 0.25) is 0 Å². The van der Waals surface area contributed by atoms with Crippen LogP contribution in [-0.4, -0.2) is 29.7 Å². The lowest BCUT2D eigenvalue weighted by atomic mass is 9.82. The molecule has 1 aliphatic rings. The molecule has 0 radical (unpaired) electrons. The Kier molecular flexibility index (Phi) is 4.60. The van der Waals surface area contributed by atoms with E-state index in [1.165, 1.54) is 0 Å². The zero-order valence-electron chi connectivity index (χ0n) is 12.9. The zero-order chi connectivity index (χ0) is 14.8. The number of aryl methyl sites for hydroxylation is 2. The van der Waals surface area contributed by atoms with Crippen molar-refractivity contribution in [1.29, 1.82) is 0 Å². The smallest absolute Gasteiger partial charge is 0.255 e. The lowest BCUT2D eigenvalue weighted by Crippen LogP contribution is -2.39. The maximum absolute atomic E-state index is 12.1. The molecule has 1 aliphatic heterocycles. The van der Waals surface area contributed by atoms with Crippen LogP contribution < -0.4 is 10.9 Å². The van der Waals surface area contributed by atoms with Crippen molar-refractivity contribution in [2.75, 3.05) is 19.8 Å². The van der Waals surface area contributed by atoms with Crippen molar-refractivity contribution in [3.63, 3.8) is 0 Å². The summed E-state index contributed by atoms with van der Waals surface area (Å²) in [6.45, 7) is 10.6. The minimum Gasteiger partial charge on any atom is -0.381 e. The predicted molar refractivity (Wildman–Crippen MR) is 78.9 cm³/mol. The van der Waals surface area contributed by atoms with Crippen molar-refractivity contribution >= 4 is 0 Å². The molecule has 2 N–H and O–H groups in total. The van der Waals surface area contributed by atoms with Crippen LogP contribution in [0, 0.1) is 19.3 Å². The molecule has 0 amide bonds. The number of ether oxygens (including phenoxy) is 1. The molecule has 1 atom stereocenters. The summed E-state index contributed by atoms with van der Waals surface area (Å²) in [4.78, 5) is 19.2. The second-order valence-corrected chi connectivity index (χ2v) is 6.18. The Balaban J connectivity index is 2.05. The van der Waals surface area contributed by atoms with Crippen molar-refractivity contribution < 1.29 is 4.74 Å². The Morgan fingerprint density at radius 1 is 1.40 bits per heavy atom. The Morgan fingerprint density at radius 3 is 2.65 bits per heavy atom. The van der Waals surface area contributed by atoms with Gasteiger partial charge in [0.25, 0.3) is 5.56 Å². The van der Waals surface area contributed by atoms with Crippen LogP contribution in [0.3, 0.4) is 0 Å². The van der Waals surface area contributed by atoms with Crippen LogP contribution in [0.1, 0.15) is 49.8 Å². The molecular formula is C15H25N3O2. The van der Waals surface area contributed by atoms with Crippen LogP contribution in [0.25, 0.3) is 0 Å². The third kappa shape index (κ3) is 3.46. The van der Waals surface area contributed by atoms with Gasteiger partial charge in [-0.05, 0) is 39.0 Å². The minimum atomic E-state index is -0.0351. The molecule has 0 aromatic carbocycles. The van der Waals surface area contributed by atoms with Crippen molar-refractivity contribution in [1.82, 2.24) is 15.3 Å². The normalized spacial score (nSPS) is 19.8. The van der Waals surface area contributed by atoms with E-state index >= 15 is 0 Å². The number of rotatable bonds is 4.